The van der Waals surface area contributed by atoms with Crippen LogP contribution in [-0.4, -0.2) is 8.42 Å². The quantitative estimate of drug-likeness (QED) is 0.591. The highest BCUT2D eigenvalue weighted by Crippen LogP contribution is 2.44. The Kier molecular flexibility index (Phi) is 2.41. The van der Waals surface area contributed by atoms with E-state index >= 15 is 0 Å². The van der Waals surface area contributed by atoms with Crippen molar-refractivity contribution in [1.82, 2.24) is 0 Å². The molecule has 4 heteroatoms. The van der Waals surface area contributed by atoms with Crippen molar-refractivity contribution in [3.8, 4) is 16.9 Å². The Labute approximate surface area is 122 Å². The summed E-state index contributed by atoms with van der Waals surface area (Å²) in [6, 6.07) is 16.8. The Bertz CT molecular complexity index is 988. The van der Waals surface area contributed by atoms with Crippen LogP contribution in [0.15, 0.2) is 59.5 Å². The van der Waals surface area contributed by atoms with Crippen molar-refractivity contribution in [2.45, 2.75) is 11.8 Å². The maximum Gasteiger partial charge on any atom is 0.339 e. The highest BCUT2D eigenvalue weighted by Gasteiger charge is 2.30. The van der Waals surface area contributed by atoms with E-state index in [1.54, 1.807) is 12.1 Å². The molecule has 0 fully saturated rings. The first-order chi connectivity index (χ1) is 10.1. The molecule has 0 atom stereocenters. The highest BCUT2D eigenvalue weighted by atomic mass is 32.2. The SMILES string of the molecule is Cc1ccc2c(c1)-c1ccc3ccccc3c1OS2(=O)=O. The maximum absolute atomic E-state index is 12.4. The molecule has 0 bridgehead atoms. The molecule has 0 saturated carbocycles. The molecule has 0 spiro atoms. The Morgan fingerprint density at radius 3 is 2.57 bits per heavy atom. The Morgan fingerprint density at radius 1 is 0.905 bits per heavy atom. The summed E-state index contributed by atoms with van der Waals surface area (Å²) in [5.74, 6) is 0.422. The molecule has 1 aliphatic heterocycles. The van der Waals surface area contributed by atoms with Gasteiger partial charge in [0.25, 0.3) is 0 Å². The molecule has 104 valence electrons. The fourth-order valence-corrected chi connectivity index (χ4v) is 3.93. The lowest BCUT2D eigenvalue weighted by atomic mass is 9.98. The van der Waals surface area contributed by atoms with Gasteiger partial charge in [-0.2, -0.15) is 8.42 Å². The lowest BCUT2D eigenvalue weighted by Crippen LogP contribution is -2.16. The van der Waals surface area contributed by atoms with Gasteiger partial charge >= 0.3 is 10.1 Å². The lowest BCUT2D eigenvalue weighted by molar-refractivity contribution is 0.486. The van der Waals surface area contributed by atoms with E-state index in [0.717, 1.165) is 21.9 Å². The average molecular weight is 296 g/mol. The number of benzene rings is 3. The van der Waals surface area contributed by atoms with Crippen LogP contribution in [0.3, 0.4) is 0 Å². The van der Waals surface area contributed by atoms with Crippen molar-refractivity contribution in [3.63, 3.8) is 0 Å². The summed E-state index contributed by atoms with van der Waals surface area (Å²) in [4.78, 5) is 0.232. The molecule has 3 nitrogen and oxygen atoms in total. The first-order valence-corrected chi connectivity index (χ1v) is 8.04. The van der Waals surface area contributed by atoms with E-state index in [0.29, 0.717) is 11.3 Å². The predicted molar refractivity (Wildman–Crippen MR) is 81.9 cm³/mol. The van der Waals surface area contributed by atoms with Gasteiger partial charge in [-0.1, -0.05) is 42.0 Å². The molecule has 0 amide bonds. The zero-order valence-electron chi connectivity index (χ0n) is 11.3. The van der Waals surface area contributed by atoms with Gasteiger partial charge in [-0.15, -0.1) is 0 Å². The number of hydrogen-bond acceptors (Lipinski definition) is 3. The first kappa shape index (κ1) is 12.4. The normalized spacial score (nSPS) is 15.1. The molecule has 0 aromatic heterocycles. The maximum atomic E-state index is 12.4. The minimum atomic E-state index is -3.76. The smallest absolute Gasteiger partial charge is 0.339 e. The molecule has 3 aromatic rings. The number of hydrogen-bond donors (Lipinski definition) is 0. The number of fused-ring (bicyclic) bond motifs is 5. The Balaban J connectivity index is 2.17. The van der Waals surface area contributed by atoms with Gasteiger partial charge in [-0.25, -0.2) is 0 Å². The van der Waals surface area contributed by atoms with E-state index in [-0.39, 0.29) is 4.90 Å². The number of rotatable bonds is 0. The van der Waals surface area contributed by atoms with Gasteiger partial charge in [-0.3, -0.25) is 0 Å². The summed E-state index contributed by atoms with van der Waals surface area (Å²) >= 11 is 0. The van der Waals surface area contributed by atoms with Crippen LogP contribution < -0.4 is 4.18 Å². The third-order valence-corrected chi connectivity index (χ3v) is 5.05. The van der Waals surface area contributed by atoms with Crippen molar-refractivity contribution in [3.05, 3.63) is 60.2 Å². The van der Waals surface area contributed by atoms with Crippen LogP contribution in [-0.2, 0) is 10.1 Å². The minimum Gasteiger partial charge on any atom is -0.378 e. The minimum absolute atomic E-state index is 0.232. The van der Waals surface area contributed by atoms with Gasteiger partial charge < -0.3 is 4.18 Å². The van der Waals surface area contributed by atoms with Crippen molar-refractivity contribution < 1.29 is 12.6 Å². The van der Waals surface area contributed by atoms with Gasteiger partial charge in [0.2, 0.25) is 0 Å². The van der Waals surface area contributed by atoms with Crippen LogP contribution in [0, 0.1) is 6.92 Å². The molecule has 0 unspecified atom stereocenters. The fourth-order valence-electron chi connectivity index (χ4n) is 2.77. The van der Waals surface area contributed by atoms with Crippen molar-refractivity contribution in [1.29, 1.82) is 0 Å². The van der Waals surface area contributed by atoms with Gasteiger partial charge in [0, 0.05) is 16.5 Å². The van der Waals surface area contributed by atoms with Crippen LogP contribution in [0.2, 0.25) is 0 Å². The summed E-state index contributed by atoms with van der Waals surface area (Å²) in [5, 5.41) is 1.77. The van der Waals surface area contributed by atoms with Crippen molar-refractivity contribution in [2.24, 2.45) is 0 Å². The molecule has 0 saturated heterocycles. The summed E-state index contributed by atoms with van der Waals surface area (Å²) < 4.78 is 30.1. The van der Waals surface area contributed by atoms with Crippen LogP contribution in [0.25, 0.3) is 21.9 Å². The molecule has 0 N–H and O–H groups in total. The van der Waals surface area contributed by atoms with Gasteiger partial charge in [-0.05, 0) is 30.5 Å². The second kappa shape index (κ2) is 4.09. The summed E-state index contributed by atoms with van der Waals surface area (Å²) in [6.07, 6.45) is 0. The summed E-state index contributed by atoms with van der Waals surface area (Å²) in [7, 11) is -3.76. The second-order valence-electron chi connectivity index (χ2n) is 5.20. The molecule has 1 aliphatic rings. The molecule has 3 aromatic carbocycles. The lowest BCUT2D eigenvalue weighted by Gasteiger charge is -2.22. The van der Waals surface area contributed by atoms with E-state index in [1.165, 1.54) is 0 Å². The standard InChI is InChI=1S/C17H12O3S/c1-11-6-9-16-15(10-11)14-8-7-12-4-2-3-5-13(12)17(14)20-21(16,18)19/h2-10H,1H3. The van der Waals surface area contributed by atoms with Gasteiger partial charge in [0.15, 0.2) is 5.75 Å². The zero-order chi connectivity index (χ0) is 14.6. The van der Waals surface area contributed by atoms with Crippen LogP contribution >= 0.6 is 0 Å². The summed E-state index contributed by atoms with van der Waals surface area (Å²) in [5.41, 5.74) is 2.55. The third-order valence-electron chi connectivity index (χ3n) is 3.77. The first-order valence-electron chi connectivity index (χ1n) is 6.63. The van der Waals surface area contributed by atoms with Crippen LogP contribution in [0.4, 0.5) is 0 Å². The van der Waals surface area contributed by atoms with Crippen molar-refractivity contribution in [2.75, 3.05) is 0 Å². The number of aryl methyl sites for hydroxylation is 1. The van der Waals surface area contributed by atoms with E-state index in [2.05, 4.69) is 0 Å². The monoisotopic (exact) mass is 296 g/mol. The van der Waals surface area contributed by atoms with Gasteiger partial charge in [0.05, 0.1) is 0 Å². The predicted octanol–water partition coefficient (Wildman–Crippen LogP) is 3.90. The van der Waals surface area contributed by atoms with Crippen molar-refractivity contribution >= 4 is 20.9 Å². The second-order valence-corrected chi connectivity index (χ2v) is 6.72. The molecular formula is C17H12O3S. The highest BCUT2D eigenvalue weighted by molar-refractivity contribution is 7.87. The van der Waals surface area contributed by atoms with Crippen LogP contribution in [0.5, 0.6) is 5.75 Å². The van der Waals surface area contributed by atoms with E-state index in [1.807, 2.05) is 49.4 Å². The molecule has 0 radical (unpaired) electrons. The van der Waals surface area contributed by atoms with Crippen LogP contribution in [0.1, 0.15) is 5.56 Å². The van der Waals surface area contributed by atoms with E-state index in [9.17, 15) is 8.42 Å². The van der Waals surface area contributed by atoms with E-state index in [4.69, 9.17) is 4.18 Å². The molecule has 0 aliphatic carbocycles. The Morgan fingerprint density at radius 2 is 1.71 bits per heavy atom. The topological polar surface area (TPSA) is 43.4 Å². The fraction of sp³-hybridized carbons (Fsp3) is 0.0588. The zero-order valence-corrected chi connectivity index (χ0v) is 12.1. The van der Waals surface area contributed by atoms with E-state index < -0.39 is 10.1 Å². The molecular weight excluding hydrogens is 284 g/mol. The molecule has 1 heterocycles. The summed E-state index contributed by atoms with van der Waals surface area (Å²) in [6.45, 7) is 1.95. The molecule has 4 rings (SSSR count). The Hall–Kier alpha value is -2.33. The van der Waals surface area contributed by atoms with Gasteiger partial charge in [0.1, 0.15) is 4.90 Å². The third kappa shape index (κ3) is 1.76. The largest absolute Gasteiger partial charge is 0.378 e. The average Bonchev–Trinajstić information content (AvgIpc) is 2.46. The molecule has 21 heavy (non-hydrogen) atoms.